The van der Waals surface area contributed by atoms with Crippen molar-refractivity contribution in [2.75, 3.05) is 7.11 Å². The van der Waals surface area contributed by atoms with Crippen molar-refractivity contribution in [1.29, 1.82) is 0 Å². The van der Waals surface area contributed by atoms with Crippen molar-refractivity contribution in [3.8, 4) is 11.5 Å². The molecule has 0 heterocycles. The van der Waals surface area contributed by atoms with Gasteiger partial charge in [0.15, 0.2) is 0 Å². The van der Waals surface area contributed by atoms with Crippen LogP contribution in [0.15, 0.2) is 36.4 Å². The Morgan fingerprint density at radius 2 is 1.75 bits per heavy atom. The predicted octanol–water partition coefficient (Wildman–Crippen LogP) is 3.01. The fourth-order valence-electron chi connectivity index (χ4n) is 1.84. The normalized spacial score (nSPS) is 10.4. The van der Waals surface area contributed by atoms with Crippen LogP contribution in [0.4, 0.5) is 8.78 Å². The van der Waals surface area contributed by atoms with E-state index in [2.05, 4.69) is 0 Å². The Hall–Kier alpha value is -2.14. The summed E-state index contributed by atoms with van der Waals surface area (Å²) < 4.78 is 36.8. The van der Waals surface area contributed by atoms with Gasteiger partial charge in [0.1, 0.15) is 29.7 Å². The van der Waals surface area contributed by atoms with Gasteiger partial charge in [-0.3, -0.25) is 0 Å². The SMILES string of the molecule is COc1ccc(OCc2cc(F)cc(F)c2)c(CN)c1. The molecule has 2 rings (SSSR count). The number of hydrogen-bond donors (Lipinski definition) is 1. The zero-order chi connectivity index (χ0) is 14.5. The smallest absolute Gasteiger partial charge is 0.126 e. The van der Waals surface area contributed by atoms with Gasteiger partial charge in [-0.15, -0.1) is 0 Å². The highest BCUT2D eigenvalue weighted by Gasteiger charge is 2.06. The highest BCUT2D eigenvalue weighted by atomic mass is 19.1. The molecule has 0 unspecified atom stereocenters. The maximum atomic E-state index is 13.1. The zero-order valence-electron chi connectivity index (χ0n) is 11.0. The average molecular weight is 279 g/mol. The van der Waals surface area contributed by atoms with Gasteiger partial charge < -0.3 is 15.2 Å². The Morgan fingerprint density at radius 1 is 1.05 bits per heavy atom. The van der Waals surface area contributed by atoms with E-state index < -0.39 is 11.6 Å². The first-order valence-electron chi connectivity index (χ1n) is 6.07. The van der Waals surface area contributed by atoms with Gasteiger partial charge in [0.25, 0.3) is 0 Å². The molecule has 0 atom stereocenters. The molecule has 0 aliphatic rings. The van der Waals surface area contributed by atoms with Crippen LogP contribution < -0.4 is 15.2 Å². The van der Waals surface area contributed by atoms with Gasteiger partial charge in [-0.2, -0.15) is 0 Å². The second-order valence-electron chi connectivity index (χ2n) is 4.24. The monoisotopic (exact) mass is 279 g/mol. The molecule has 2 aromatic rings. The Kier molecular flexibility index (Phi) is 4.53. The molecule has 0 radical (unpaired) electrons. The van der Waals surface area contributed by atoms with E-state index in [1.165, 1.54) is 12.1 Å². The molecular weight excluding hydrogens is 264 g/mol. The predicted molar refractivity (Wildman–Crippen MR) is 71.6 cm³/mol. The van der Waals surface area contributed by atoms with Crippen LogP contribution >= 0.6 is 0 Å². The first-order chi connectivity index (χ1) is 9.62. The Bertz CT molecular complexity index is 582. The minimum Gasteiger partial charge on any atom is -0.497 e. The van der Waals surface area contributed by atoms with Gasteiger partial charge in [0, 0.05) is 18.2 Å². The van der Waals surface area contributed by atoms with Crippen LogP contribution in [-0.4, -0.2) is 7.11 Å². The van der Waals surface area contributed by atoms with Gasteiger partial charge in [-0.1, -0.05) is 0 Å². The van der Waals surface area contributed by atoms with Crippen LogP contribution in [0.2, 0.25) is 0 Å². The maximum absolute atomic E-state index is 13.1. The van der Waals surface area contributed by atoms with E-state index >= 15 is 0 Å². The van der Waals surface area contributed by atoms with Gasteiger partial charge >= 0.3 is 0 Å². The molecule has 0 aliphatic heterocycles. The van der Waals surface area contributed by atoms with Gasteiger partial charge in [-0.25, -0.2) is 8.78 Å². The molecule has 0 aromatic heterocycles. The molecule has 0 spiro atoms. The number of benzene rings is 2. The number of methoxy groups -OCH3 is 1. The molecular formula is C15H15F2NO2. The van der Waals surface area contributed by atoms with Gasteiger partial charge in [-0.05, 0) is 35.9 Å². The molecule has 0 aliphatic carbocycles. The fraction of sp³-hybridized carbons (Fsp3) is 0.200. The van der Waals surface area contributed by atoms with Gasteiger partial charge in [0.05, 0.1) is 7.11 Å². The molecule has 20 heavy (non-hydrogen) atoms. The third-order valence-corrected chi connectivity index (χ3v) is 2.80. The number of rotatable bonds is 5. The number of nitrogens with two attached hydrogens (primary N) is 1. The quantitative estimate of drug-likeness (QED) is 0.915. The van der Waals surface area contributed by atoms with Crippen molar-refractivity contribution < 1.29 is 18.3 Å². The summed E-state index contributed by atoms with van der Waals surface area (Å²) in [5, 5.41) is 0. The summed E-state index contributed by atoms with van der Waals surface area (Å²) in [6, 6.07) is 8.50. The first kappa shape index (κ1) is 14.3. The van der Waals surface area contributed by atoms with Crippen LogP contribution in [-0.2, 0) is 13.2 Å². The summed E-state index contributed by atoms with van der Waals surface area (Å²) >= 11 is 0. The third-order valence-electron chi connectivity index (χ3n) is 2.80. The minimum atomic E-state index is -0.627. The molecule has 0 amide bonds. The molecule has 2 N–H and O–H groups in total. The summed E-state index contributed by atoms with van der Waals surface area (Å²) in [6.45, 7) is 0.345. The van der Waals surface area contributed by atoms with Crippen molar-refractivity contribution in [1.82, 2.24) is 0 Å². The van der Waals surface area contributed by atoms with E-state index in [0.29, 0.717) is 17.1 Å². The Morgan fingerprint density at radius 3 is 2.35 bits per heavy atom. The summed E-state index contributed by atoms with van der Waals surface area (Å²) in [4.78, 5) is 0. The number of ether oxygens (including phenoxy) is 2. The van der Waals surface area contributed by atoms with E-state index in [4.69, 9.17) is 15.2 Å². The second kappa shape index (κ2) is 6.34. The largest absolute Gasteiger partial charge is 0.497 e. The lowest BCUT2D eigenvalue weighted by Crippen LogP contribution is -2.03. The van der Waals surface area contributed by atoms with Crippen molar-refractivity contribution in [3.63, 3.8) is 0 Å². The molecule has 3 nitrogen and oxygen atoms in total. The van der Waals surface area contributed by atoms with Crippen molar-refractivity contribution in [2.24, 2.45) is 5.73 Å². The summed E-state index contributed by atoms with van der Waals surface area (Å²) in [6.07, 6.45) is 0. The van der Waals surface area contributed by atoms with Crippen LogP contribution in [0.25, 0.3) is 0 Å². The highest BCUT2D eigenvalue weighted by molar-refractivity contribution is 5.40. The van der Waals surface area contributed by atoms with Crippen molar-refractivity contribution in [2.45, 2.75) is 13.2 Å². The summed E-state index contributed by atoms with van der Waals surface area (Å²) in [7, 11) is 1.56. The van der Waals surface area contributed by atoms with Crippen molar-refractivity contribution in [3.05, 3.63) is 59.2 Å². The molecule has 2 aromatic carbocycles. The Labute approximate surface area is 115 Å². The van der Waals surface area contributed by atoms with Crippen LogP contribution in [0.5, 0.6) is 11.5 Å². The first-order valence-corrected chi connectivity index (χ1v) is 6.07. The van der Waals surface area contributed by atoms with Crippen LogP contribution in [0.1, 0.15) is 11.1 Å². The second-order valence-corrected chi connectivity index (χ2v) is 4.24. The van der Waals surface area contributed by atoms with E-state index in [0.717, 1.165) is 11.6 Å². The van der Waals surface area contributed by atoms with E-state index in [1.54, 1.807) is 25.3 Å². The average Bonchev–Trinajstić information content (AvgIpc) is 2.44. The van der Waals surface area contributed by atoms with Crippen LogP contribution in [0, 0.1) is 11.6 Å². The number of hydrogen-bond acceptors (Lipinski definition) is 3. The minimum absolute atomic E-state index is 0.0635. The van der Waals surface area contributed by atoms with Crippen molar-refractivity contribution >= 4 is 0 Å². The summed E-state index contributed by atoms with van der Waals surface area (Å²) in [5.41, 5.74) is 6.82. The molecule has 106 valence electrons. The standard InChI is InChI=1S/C15H15F2NO2/c1-19-14-2-3-15(11(6-14)8-18)20-9-10-4-12(16)7-13(17)5-10/h2-7H,8-9,18H2,1H3. The molecule has 0 saturated heterocycles. The third kappa shape index (κ3) is 3.45. The van der Waals surface area contributed by atoms with E-state index in [-0.39, 0.29) is 13.2 Å². The zero-order valence-corrected chi connectivity index (χ0v) is 11.0. The van der Waals surface area contributed by atoms with Gasteiger partial charge in [0.2, 0.25) is 0 Å². The lowest BCUT2D eigenvalue weighted by atomic mass is 10.2. The Balaban J connectivity index is 2.14. The highest BCUT2D eigenvalue weighted by Crippen LogP contribution is 2.24. The van der Waals surface area contributed by atoms with E-state index in [1.807, 2.05) is 0 Å². The maximum Gasteiger partial charge on any atom is 0.126 e. The lowest BCUT2D eigenvalue weighted by Gasteiger charge is -2.12. The molecule has 0 bridgehead atoms. The molecule has 5 heteroatoms. The topological polar surface area (TPSA) is 44.5 Å². The van der Waals surface area contributed by atoms with Crippen LogP contribution in [0.3, 0.4) is 0 Å². The fourth-order valence-corrected chi connectivity index (χ4v) is 1.84. The molecule has 0 fully saturated rings. The van der Waals surface area contributed by atoms with E-state index in [9.17, 15) is 8.78 Å². The summed E-state index contributed by atoms with van der Waals surface area (Å²) in [5.74, 6) is -0.0117. The molecule has 0 saturated carbocycles. The lowest BCUT2D eigenvalue weighted by molar-refractivity contribution is 0.300. The number of halogens is 2.